The Bertz CT molecular complexity index is 662. The predicted octanol–water partition coefficient (Wildman–Crippen LogP) is 5.66. The summed E-state index contributed by atoms with van der Waals surface area (Å²) in [7, 11) is 0. The first-order valence-electron chi connectivity index (χ1n) is 9.09. The molecule has 24 heavy (non-hydrogen) atoms. The average Bonchev–Trinajstić information content (AvgIpc) is 2.63. The number of aliphatic carboxylic acids is 1. The molecule has 1 N–H and O–H groups in total. The van der Waals surface area contributed by atoms with Crippen LogP contribution in [0.3, 0.4) is 0 Å². The second-order valence-electron chi connectivity index (χ2n) is 6.96. The van der Waals surface area contributed by atoms with Crippen molar-refractivity contribution in [2.24, 2.45) is 5.92 Å². The molecule has 3 rings (SSSR count). The quantitative estimate of drug-likeness (QED) is 0.770. The number of benzene rings is 2. The Hall–Kier alpha value is -2.09. The van der Waals surface area contributed by atoms with Crippen LogP contribution in [0.15, 0.2) is 48.5 Å². The van der Waals surface area contributed by atoms with Gasteiger partial charge >= 0.3 is 5.97 Å². The molecule has 2 aromatic rings. The second-order valence-corrected chi connectivity index (χ2v) is 6.96. The van der Waals surface area contributed by atoms with Gasteiger partial charge in [-0.3, -0.25) is 4.79 Å². The lowest BCUT2D eigenvalue weighted by molar-refractivity contribution is -0.142. The molecule has 0 radical (unpaired) electrons. The topological polar surface area (TPSA) is 37.3 Å². The fourth-order valence-corrected chi connectivity index (χ4v) is 3.77. The zero-order valence-electron chi connectivity index (χ0n) is 14.4. The smallest absolute Gasteiger partial charge is 0.306 e. The summed E-state index contributed by atoms with van der Waals surface area (Å²) in [6.07, 6.45) is 5.90. The van der Waals surface area contributed by atoms with E-state index in [1.807, 2.05) is 0 Å². The van der Waals surface area contributed by atoms with Gasteiger partial charge in [-0.2, -0.15) is 0 Å². The first-order chi connectivity index (χ1) is 11.7. The van der Waals surface area contributed by atoms with E-state index in [-0.39, 0.29) is 5.92 Å². The lowest BCUT2D eigenvalue weighted by Crippen LogP contribution is -2.20. The molecule has 0 bridgehead atoms. The zero-order valence-corrected chi connectivity index (χ0v) is 14.4. The van der Waals surface area contributed by atoms with Gasteiger partial charge in [0.15, 0.2) is 0 Å². The zero-order chi connectivity index (χ0) is 16.9. The monoisotopic (exact) mass is 322 g/mol. The Morgan fingerprint density at radius 3 is 1.96 bits per heavy atom. The van der Waals surface area contributed by atoms with E-state index >= 15 is 0 Å². The molecule has 2 heteroatoms. The highest BCUT2D eigenvalue weighted by atomic mass is 16.4. The van der Waals surface area contributed by atoms with E-state index in [1.54, 1.807) is 0 Å². The van der Waals surface area contributed by atoms with Crippen LogP contribution in [0.5, 0.6) is 0 Å². The SMILES string of the molecule is CCCc1ccc(-c2ccc([C@H]3CC[C@H](C(=O)O)CC3)cc2)cc1. The molecular weight excluding hydrogens is 296 g/mol. The Kier molecular flexibility index (Phi) is 5.34. The van der Waals surface area contributed by atoms with Gasteiger partial charge in [0.2, 0.25) is 0 Å². The van der Waals surface area contributed by atoms with Crippen molar-refractivity contribution in [3.8, 4) is 11.1 Å². The van der Waals surface area contributed by atoms with Crippen molar-refractivity contribution in [1.82, 2.24) is 0 Å². The Morgan fingerprint density at radius 2 is 1.46 bits per heavy atom. The molecule has 0 unspecified atom stereocenters. The third-order valence-corrected chi connectivity index (χ3v) is 5.28. The van der Waals surface area contributed by atoms with Gasteiger partial charge in [0.1, 0.15) is 0 Å². The molecule has 0 aromatic heterocycles. The van der Waals surface area contributed by atoms with Crippen LogP contribution < -0.4 is 0 Å². The predicted molar refractivity (Wildman–Crippen MR) is 98.2 cm³/mol. The van der Waals surface area contributed by atoms with Crippen molar-refractivity contribution >= 4 is 5.97 Å². The first-order valence-corrected chi connectivity index (χ1v) is 9.09. The maximum Gasteiger partial charge on any atom is 0.306 e. The van der Waals surface area contributed by atoms with Gasteiger partial charge in [-0.1, -0.05) is 61.9 Å². The Labute approximate surface area is 144 Å². The molecule has 0 atom stereocenters. The van der Waals surface area contributed by atoms with E-state index in [2.05, 4.69) is 55.5 Å². The van der Waals surface area contributed by atoms with Gasteiger partial charge in [-0.25, -0.2) is 0 Å². The minimum atomic E-state index is -0.629. The lowest BCUT2D eigenvalue weighted by atomic mass is 9.78. The average molecular weight is 322 g/mol. The molecule has 1 aliphatic carbocycles. The third-order valence-electron chi connectivity index (χ3n) is 5.28. The van der Waals surface area contributed by atoms with Crippen LogP contribution in [0.25, 0.3) is 11.1 Å². The van der Waals surface area contributed by atoms with Crippen LogP contribution in [0, 0.1) is 5.92 Å². The summed E-state index contributed by atoms with van der Waals surface area (Å²) in [6, 6.07) is 17.7. The van der Waals surface area contributed by atoms with E-state index in [9.17, 15) is 4.79 Å². The first kappa shape index (κ1) is 16.8. The summed E-state index contributed by atoms with van der Waals surface area (Å²) < 4.78 is 0. The maximum absolute atomic E-state index is 11.1. The van der Waals surface area contributed by atoms with Crippen LogP contribution in [0.4, 0.5) is 0 Å². The number of hydrogen-bond acceptors (Lipinski definition) is 1. The molecule has 126 valence electrons. The van der Waals surface area contributed by atoms with E-state index < -0.39 is 5.97 Å². The van der Waals surface area contributed by atoms with Crippen molar-refractivity contribution in [2.75, 3.05) is 0 Å². The van der Waals surface area contributed by atoms with Crippen LogP contribution in [-0.4, -0.2) is 11.1 Å². The molecule has 0 heterocycles. The molecular formula is C22H26O2. The second kappa shape index (κ2) is 7.65. The summed E-state index contributed by atoms with van der Waals surface area (Å²) in [5.74, 6) is -0.251. The van der Waals surface area contributed by atoms with Gasteiger partial charge < -0.3 is 5.11 Å². The van der Waals surface area contributed by atoms with Crippen LogP contribution in [0.2, 0.25) is 0 Å². The number of carboxylic acid groups (broad SMARTS) is 1. The van der Waals surface area contributed by atoms with Gasteiger partial charge in [0, 0.05) is 0 Å². The van der Waals surface area contributed by atoms with Crippen molar-refractivity contribution in [3.05, 3.63) is 59.7 Å². The summed E-state index contributed by atoms with van der Waals surface area (Å²) in [5, 5.41) is 9.11. The Balaban J connectivity index is 1.66. The molecule has 0 saturated heterocycles. The molecule has 1 fully saturated rings. The van der Waals surface area contributed by atoms with Gasteiger partial charge in [-0.15, -0.1) is 0 Å². The summed E-state index contributed by atoms with van der Waals surface area (Å²) >= 11 is 0. The number of carbonyl (C=O) groups is 1. The van der Waals surface area contributed by atoms with E-state index in [4.69, 9.17) is 5.11 Å². The molecule has 2 aromatic carbocycles. The van der Waals surface area contributed by atoms with E-state index in [0.29, 0.717) is 5.92 Å². The van der Waals surface area contributed by atoms with Gasteiger partial charge in [0.25, 0.3) is 0 Å². The van der Waals surface area contributed by atoms with E-state index in [1.165, 1.54) is 28.7 Å². The van der Waals surface area contributed by atoms with Gasteiger partial charge in [-0.05, 0) is 60.3 Å². The molecule has 0 spiro atoms. The highest BCUT2D eigenvalue weighted by Gasteiger charge is 2.26. The summed E-state index contributed by atoms with van der Waals surface area (Å²) in [5.41, 5.74) is 5.26. The minimum Gasteiger partial charge on any atom is -0.481 e. The number of hydrogen-bond donors (Lipinski definition) is 1. The van der Waals surface area contributed by atoms with Crippen molar-refractivity contribution in [3.63, 3.8) is 0 Å². The molecule has 0 aliphatic heterocycles. The van der Waals surface area contributed by atoms with Gasteiger partial charge in [0.05, 0.1) is 5.92 Å². The van der Waals surface area contributed by atoms with E-state index in [0.717, 1.165) is 32.1 Å². The van der Waals surface area contributed by atoms with Crippen LogP contribution in [0.1, 0.15) is 56.1 Å². The fourth-order valence-electron chi connectivity index (χ4n) is 3.77. The maximum atomic E-state index is 11.1. The van der Waals surface area contributed by atoms with Crippen molar-refractivity contribution in [2.45, 2.75) is 51.4 Å². The van der Waals surface area contributed by atoms with Crippen LogP contribution >= 0.6 is 0 Å². The standard InChI is InChI=1S/C22H26O2/c1-2-3-16-4-6-17(7-5-16)18-8-10-19(11-9-18)20-12-14-21(15-13-20)22(23)24/h4-11,20-21H,2-3,12-15H2,1H3,(H,23,24)/t20-,21-. The normalized spacial score (nSPS) is 20.7. The molecule has 0 amide bonds. The number of rotatable bonds is 5. The largest absolute Gasteiger partial charge is 0.481 e. The van der Waals surface area contributed by atoms with Crippen molar-refractivity contribution < 1.29 is 9.90 Å². The fraction of sp³-hybridized carbons (Fsp3) is 0.409. The van der Waals surface area contributed by atoms with Crippen LogP contribution in [-0.2, 0) is 11.2 Å². The minimum absolute atomic E-state index is 0.137. The lowest BCUT2D eigenvalue weighted by Gasteiger charge is -2.26. The van der Waals surface area contributed by atoms with Crippen molar-refractivity contribution in [1.29, 1.82) is 0 Å². The number of carboxylic acids is 1. The third kappa shape index (κ3) is 3.87. The highest BCUT2D eigenvalue weighted by molar-refractivity contribution is 5.70. The summed E-state index contributed by atoms with van der Waals surface area (Å²) in [6.45, 7) is 2.20. The molecule has 1 saturated carbocycles. The number of aryl methyl sites for hydroxylation is 1. The molecule has 1 aliphatic rings. The molecule has 2 nitrogen and oxygen atoms in total. The Morgan fingerprint density at radius 1 is 0.917 bits per heavy atom. The summed E-state index contributed by atoms with van der Waals surface area (Å²) in [4.78, 5) is 11.1. The highest BCUT2D eigenvalue weighted by Crippen LogP contribution is 2.36.